The highest BCUT2D eigenvalue weighted by molar-refractivity contribution is 9.10. The van der Waals surface area contributed by atoms with Gasteiger partial charge in [0.15, 0.2) is 5.78 Å². The molecule has 0 N–H and O–H groups in total. The Morgan fingerprint density at radius 1 is 1.30 bits per heavy atom. The fourth-order valence-electron chi connectivity index (χ4n) is 1.95. The molecule has 0 aliphatic rings. The molecule has 0 fully saturated rings. The van der Waals surface area contributed by atoms with Crippen LogP contribution in [0.4, 0.5) is 0 Å². The number of rotatable bonds is 3. The molecule has 0 saturated heterocycles. The molecule has 0 heterocycles. The lowest BCUT2D eigenvalue weighted by Crippen LogP contribution is -2.12. The topological polar surface area (TPSA) is 40.9 Å². The van der Waals surface area contributed by atoms with Gasteiger partial charge in [0.25, 0.3) is 0 Å². The van der Waals surface area contributed by atoms with Crippen molar-refractivity contribution in [1.29, 1.82) is 5.26 Å². The zero-order chi connectivity index (χ0) is 14.7. The van der Waals surface area contributed by atoms with E-state index in [1.165, 1.54) is 0 Å². The van der Waals surface area contributed by atoms with Crippen molar-refractivity contribution in [2.24, 2.45) is 0 Å². The Morgan fingerprint density at radius 2 is 2.00 bits per heavy atom. The van der Waals surface area contributed by atoms with Gasteiger partial charge in [-0.2, -0.15) is 5.26 Å². The van der Waals surface area contributed by atoms with Crippen molar-refractivity contribution in [2.75, 3.05) is 0 Å². The van der Waals surface area contributed by atoms with Crippen LogP contribution in [-0.4, -0.2) is 5.78 Å². The zero-order valence-corrected chi connectivity index (χ0v) is 13.1. The SMILES string of the molecule is Cc1ccc(C(=O)C(C#N)c2ccccc2Cl)c(Br)c1. The standard InChI is InChI=1S/C16H11BrClNO/c1-10-6-7-12(14(17)8-10)16(20)13(9-19)11-4-2-3-5-15(11)18/h2-8,13H,1H3. The number of nitrogens with zero attached hydrogens (tertiary/aromatic N) is 1. The Balaban J connectivity index is 2.45. The molecule has 0 aromatic heterocycles. The summed E-state index contributed by atoms with van der Waals surface area (Å²) in [4.78, 5) is 12.5. The molecule has 0 aliphatic heterocycles. The first-order chi connectivity index (χ1) is 9.54. The molecule has 100 valence electrons. The minimum absolute atomic E-state index is 0.257. The average Bonchev–Trinajstić information content (AvgIpc) is 2.41. The van der Waals surface area contributed by atoms with Crippen LogP contribution in [0.5, 0.6) is 0 Å². The van der Waals surface area contributed by atoms with Gasteiger partial charge in [-0.3, -0.25) is 4.79 Å². The Labute approximate surface area is 131 Å². The summed E-state index contributed by atoms with van der Waals surface area (Å²) in [6.45, 7) is 1.94. The van der Waals surface area contributed by atoms with Crippen LogP contribution in [0.25, 0.3) is 0 Å². The van der Waals surface area contributed by atoms with Gasteiger partial charge in [-0.15, -0.1) is 0 Å². The number of ketones is 1. The van der Waals surface area contributed by atoms with Crippen LogP contribution in [0.15, 0.2) is 46.9 Å². The molecular formula is C16H11BrClNO. The molecule has 2 nitrogen and oxygen atoms in total. The molecule has 4 heteroatoms. The molecule has 0 bridgehead atoms. The predicted octanol–water partition coefficient (Wildman–Crippen LogP) is 4.90. The second-order valence-corrected chi connectivity index (χ2v) is 5.69. The lowest BCUT2D eigenvalue weighted by atomic mass is 9.91. The van der Waals surface area contributed by atoms with E-state index in [0.717, 1.165) is 5.56 Å². The van der Waals surface area contributed by atoms with E-state index in [4.69, 9.17) is 11.6 Å². The molecule has 0 amide bonds. The third kappa shape index (κ3) is 2.92. The van der Waals surface area contributed by atoms with Crippen molar-refractivity contribution in [3.05, 3.63) is 68.7 Å². The molecule has 2 rings (SSSR count). The molecule has 2 aromatic rings. The van der Waals surface area contributed by atoms with Crippen LogP contribution in [0.2, 0.25) is 5.02 Å². The van der Waals surface area contributed by atoms with E-state index in [1.807, 2.05) is 25.1 Å². The van der Waals surface area contributed by atoms with E-state index in [1.54, 1.807) is 30.3 Å². The maximum absolute atomic E-state index is 12.5. The third-order valence-electron chi connectivity index (χ3n) is 3.00. The van der Waals surface area contributed by atoms with Crippen molar-refractivity contribution in [1.82, 2.24) is 0 Å². The average molecular weight is 349 g/mol. The third-order valence-corrected chi connectivity index (χ3v) is 4.00. The largest absolute Gasteiger partial charge is 0.292 e. The van der Waals surface area contributed by atoms with Crippen LogP contribution < -0.4 is 0 Å². The number of hydrogen-bond donors (Lipinski definition) is 0. The van der Waals surface area contributed by atoms with Crippen LogP contribution in [0.3, 0.4) is 0 Å². The lowest BCUT2D eigenvalue weighted by Gasteiger charge is -2.12. The monoisotopic (exact) mass is 347 g/mol. The Kier molecular flexibility index (Phi) is 4.59. The van der Waals surface area contributed by atoms with E-state index in [0.29, 0.717) is 20.6 Å². The number of nitriles is 1. The first-order valence-corrected chi connectivity index (χ1v) is 7.16. The minimum Gasteiger partial charge on any atom is -0.292 e. The van der Waals surface area contributed by atoms with Crippen molar-refractivity contribution in [3.8, 4) is 6.07 Å². The molecular weight excluding hydrogens is 338 g/mol. The number of hydrogen-bond acceptors (Lipinski definition) is 2. The number of aryl methyl sites for hydroxylation is 1. The molecule has 0 spiro atoms. The maximum Gasteiger partial charge on any atom is 0.185 e. The van der Waals surface area contributed by atoms with Crippen molar-refractivity contribution >= 4 is 33.3 Å². The van der Waals surface area contributed by atoms with E-state index in [-0.39, 0.29) is 5.78 Å². The molecule has 2 aromatic carbocycles. The fraction of sp³-hybridized carbons (Fsp3) is 0.125. The smallest absolute Gasteiger partial charge is 0.185 e. The summed E-state index contributed by atoms with van der Waals surface area (Å²) in [6, 6.07) is 14.4. The Bertz CT molecular complexity index is 706. The van der Waals surface area contributed by atoms with Gasteiger partial charge in [-0.1, -0.05) is 51.8 Å². The number of carbonyl (C=O) groups excluding carboxylic acids is 1. The minimum atomic E-state index is -0.900. The van der Waals surface area contributed by atoms with Gasteiger partial charge in [0.2, 0.25) is 0 Å². The van der Waals surface area contributed by atoms with Gasteiger partial charge >= 0.3 is 0 Å². The van der Waals surface area contributed by atoms with Gasteiger partial charge in [-0.25, -0.2) is 0 Å². The number of carbonyl (C=O) groups is 1. The second kappa shape index (κ2) is 6.21. The molecule has 1 atom stereocenters. The van der Waals surface area contributed by atoms with Gasteiger partial charge < -0.3 is 0 Å². The number of Topliss-reactive ketones (excluding diaryl/α,β-unsaturated/α-hetero) is 1. The summed E-state index contributed by atoms with van der Waals surface area (Å²) >= 11 is 9.45. The fourth-order valence-corrected chi connectivity index (χ4v) is 2.89. The molecule has 20 heavy (non-hydrogen) atoms. The molecule has 0 saturated carbocycles. The zero-order valence-electron chi connectivity index (χ0n) is 10.7. The molecule has 1 unspecified atom stereocenters. The van der Waals surface area contributed by atoms with Gasteiger partial charge in [0.1, 0.15) is 5.92 Å². The first-order valence-electron chi connectivity index (χ1n) is 5.99. The van der Waals surface area contributed by atoms with Crippen LogP contribution in [0.1, 0.15) is 27.4 Å². The van der Waals surface area contributed by atoms with Gasteiger partial charge in [0, 0.05) is 15.1 Å². The summed E-state index contributed by atoms with van der Waals surface area (Å²) in [5.41, 5.74) is 2.07. The van der Waals surface area contributed by atoms with Crippen LogP contribution >= 0.6 is 27.5 Å². The van der Waals surface area contributed by atoms with E-state index >= 15 is 0 Å². The van der Waals surface area contributed by atoms with Crippen molar-refractivity contribution < 1.29 is 4.79 Å². The van der Waals surface area contributed by atoms with Crippen molar-refractivity contribution in [3.63, 3.8) is 0 Å². The van der Waals surface area contributed by atoms with E-state index in [9.17, 15) is 10.1 Å². The summed E-state index contributed by atoms with van der Waals surface area (Å²) in [7, 11) is 0. The van der Waals surface area contributed by atoms with E-state index < -0.39 is 5.92 Å². The quantitative estimate of drug-likeness (QED) is 0.740. The highest BCUT2D eigenvalue weighted by Crippen LogP contribution is 2.29. The molecule has 0 aliphatic carbocycles. The van der Waals surface area contributed by atoms with Crippen LogP contribution in [-0.2, 0) is 0 Å². The Morgan fingerprint density at radius 3 is 2.60 bits per heavy atom. The number of halogens is 2. The van der Waals surface area contributed by atoms with Gasteiger partial charge in [0.05, 0.1) is 6.07 Å². The number of benzene rings is 2. The van der Waals surface area contributed by atoms with E-state index in [2.05, 4.69) is 15.9 Å². The van der Waals surface area contributed by atoms with Crippen LogP contribution in [0, 0.1) is 18.3 Å². The second-order valence-electron chi connectivity index (χ2n) is 4.43. The first kappa shape index (κ1) is 14.8. The highest BCUT2D eigenvalue weighted by atomic mass is 79.9. The normalized spacial score (nSPS) is 11.7. The summed E-state index contributed by atoms with van der Waals surface area (Å²) < 4.78 is 0.690. The highest BCUT2D eigenvalue weighted by Gasteiger charge is 2.25. The summed E-state index contributed by atoms with van der Waals surface area (Å²) in [5.74, 6) is -1.16. The Hall–Kier alpha value is -1.63. The summed E-state index contributed by atoms with van der Waals surface area (Å²) in [6.07, 6.45) is 0. The maximum atomic E-state index is 12.5. The molecule has 0 radical (unpaired) electrons. The van der Waals surface area contributed by atoms with Crippen molar-refractivity contribution in [2.45, 2.75) is 12.8 Å². The predicted molar refractivity (Wildman–Crippen MR) is 83.0 cm³/mol. The summed E-state index contributed by atoms with van der Waals surface area (Å²) in [5, 5.41) is 9.76. The lowest BCUT2D eigenvalue weighted by molar-refractivity contribution is 0.0978. The van der Waals surface area contributed by atoms with Gasteiger partial charge in [-0.05, 0) is 36.2 Å².